The van der Waals surface area contributed by atoms with Crippen LogP contribution in [0.3, 0.4) is 0 Å². The molecule has 5 nitrogen and oxygen atoms in total. The Balaban J connectivity index is 1.50. The van der Waals surface area contributed by atoms with Crippen LogP contribution in [-0.2, 0) is 10.9 Å². The van der Waals surface area contributed by atoms with Crippen molar-refractivity contribution in [3.63, 3.8) is 0 Å². The van der Waals surface area contributed by atoms with E-state index < -0.39 is 58.5 Å². The molecule has 0 spiro atoms. The molecule has 0 saturated carbocycles. The molecule has 39 heavy (non-hydrogen) atoms. The molecule has 1 aliphatic heterocycles. The molecule has 0 unspecified atom stereocenters. The van der Waals surface area contributed by atoms with Gasteiger partial charge in [-0.25, -0.2) is 18.0 Å². The second-order valence-electron chi connectivity index (χ2n) is 10.0. The summed E-state index contributed by atoms with van der Waals surface area (Å²) in [5.74, 6) is -3.61. The van der Waals surface area contributed by atoms with Gasteiger partial charge in [0.2, 0.25) is 0 Å². The number of halogens is 6. The molecule has 1 aromatic heterocycles. The van der Waals surface area contributed by atoms with Gasteiger partial charge in [0.05, 0.1) is 27.9 Å². The van der Waals surface area contributed by atoms with Gasteiger partial charge in [-0.15, -0.1) is 0 Å². The van der Waals surface area contributed by atoms with Crippen molar-refractivity contribution in [2.75, 3.05) is 10.6 Å². The van der Waals surface area contributed by atoms with E-state index in [1.54, 1.807) is 51.2 Å². The van der Waals surface area contributed by atoms with Crippen LogP contribution < -0.4 is 10.6 Å². The van der Waals surface area contributed by atoms with Crippen LogP contribution in [0.2, 0.25) is 0 Å². The number of amides is 1. The average Bonchev–Trinajstić information content (AvgIpc) is 3.31. The van der Waals surface area contributed by atoms with Crippen molar-refractivity contribution in [1.82, 2.24) is 4.98 Å². The van der Waals surface area contributed by atoms with E-state index in [9.17, 15) is 22.4 Å². The number of anilines is 2. The van der Waals surface area contributed by atoms with Gasteiger partial charge in [0, 0.05) is 28.9 Å². The number of hydrogen-bond donors (Lipinski definition) is 3. The summed E-state index contributed by atoms with van der Waals surface area (Å²) in [5.41, 5.74) is -2.34. The van der Waals surface area contributed by atoms with Crippen LogP contribution in [0.5, 0.6) is 0 Å². The van der Waals surface area contributed by atoms with Gasteiger partial charge in [0.15, 0.2) is 0 Å². The molecule has 4 aromatic rings. The zero-order valence-electron chi connectivity index (χ0n) is 20.9. The van der Waals surface area contributed by atoms with E-state index in [0.29, 0.717) is 11.1 Å². The van der Waals surface area contributed by atoms with Gasteiger partial charge in [0.25, 0.3) is 0 Å². The molecule has 0 bridgehead atoms. The molecule has 0 saturated heterocycles. The highest BCUT2D eigenvalue weighted by atomic mass is 19.4. The molecule has 5 rings (SSSR count). The van der Waals surface area contributed by atoms with Crippen molar-refractivity contribution in [3.8, 4) is 11.1 Å². The number of rotatable bonds is 3. The van der Waals surface area contributed by atoms with E-state index in [1.807, 2.05) is 5.32 Å². The Morgan fingerprint density at radius 2 is 1.79 bits per heavy atom. The second-order valence-corrected chi connectivity index (χ2v) is 10.0. The molecule has 0 aliphatic carbocycles. The Hall–Kier alpha value is -4.15. The van der Waals surface area contributed by atoms with E-state index in [1.165, 1.54) is 6.07 Å². The molecule has 1 amide bonds. The highest BCUT2D eigenvalue weighted by Crippen LogP contribution is 2.46. The predicted octanol–water partition coefficient (Wildman–Crippen LogP) is 8.20. The number of para-hydroxylation sites is 1. The third-order valence-corrected chi connectivity index (χ3v) is 6.95. The number of nitrogens with one attached hydrogen (secondary N) is 3. The number of fused-ring (bicyclic) bond motifs is 2. The Morgan fingerprint density at radius 1 is 1.05 bits per heavy atom. The predicted molar refractivity (Wildman–Crippen MR) is 135 cm³/mol. The quantitative estimate of drug-likeness (QED) is 0.227. The van der Waals surface area contributed by atoms with Gasteiger partial charge in [0.1, 0.15) is 23.6 Å². The molecule has 0 fully saturated rings. The van der Waals surface area contributed by atoms with Crippen molar-refractivity contribution >= 4 is 28.4 Å². The minimum atomic E-state index is -4.94. The second kappa shape index (κ2) is 9.25. The van der Waals surface area contributed by atoms with Gasteiger partial charge in [-0.05, 0) is 49.6 Å². The Bertz CT molecular complexity index is 1590. The molecule has 3 aromatic carbocycles. The third-order valence-electron chi connectivity index (χ3n) is 6.95. The number of ether oxygens (including phenoxy) is 1. The number of H-pyrrole nitrogens is 1. The van der Waals surface area contributed by atoms with Crippen molar-refractivity contribution in [3.05, 3.63) is 83.3 Å². The summed E-state index contributed by atoms with van der Waals surface area (Å²) < 4.78 is 90.6. The van der Waals surface area contributed by atoms with Crippen molar-refractivity contribution in [1.29, 1.82) is 0 Å². The summed E-state index contributed by atoms with van der Waals surface area (Å²) in [7, 11) is 0. The minimum absolute atomic E-state index is 0.0600. The van der Waals surface area contributed by atoms with Gasteiger partial charge in [-0.2, -0.15) is 13.2 Å². The van der Waals surface area contributed by atoms with Crippen molar-refractivity contribution in [2.45, 2.75) is 44.5 Å². The minimum Gasteiger partial charge on any atom is -0.443 e. The van der Waals surface area contributed by atoms with Crippen LogP contribution in [0.15, 0.2) is 54.7 Å². The number of aromatic amines is 1. The molecule has 0 radical (unpaired) electrons. The zero-order valence-corrected chi connectivity index (χ0v) is 20.9. The summed E-state index contributed by atoms with van der Waals surface area (Å²) in [6.45, 7) is 4.85. The summed E-state index contributed by atoms with van der Waals surface area (Å²) in [4.78, 5) is 15.7. The van der Waals surface area contributed by atoms with Gasteiger partial charge in [-0.1, -0.05) is 25.1 Å². The van der Waals surface area contributed by atoms with Crippen molar-refractivity contribution in [2.24, 2.45) is 0 Å². The Kier molecular flexibility index (Phi) is 6.27. The molecular weight excluding hydrogens is 524 g/mol. The monoisotopic (exact) mass is 547 g/mol. The first-order chi connectivity index (χ1) is 18.3. The Morgan fingerprint density at radius 3 is 2.51 bits per heavy atom. The smallest absolute Gasteiger partial charge is 0.418 e. The number of carbonyl (C=O) groups excluding carboxylic acids is 1. The molecule has 11 heteroatoms. The van der Waals surface area contributed by atoms with Crippen molar-refractivity contribution < 1.29 is 35.9 Å². The van der Waals surface area contributed by atoms with Crippen LogP contribution in [0.4, 0.5) is 42.5 Å². The summed E-state index contributed by atoms with van der Waals surface area (Å²) in [5, 5.41) is 5.78. The van der Waals surface area contributed by atoms with E-state index in [0.717, 1.165) is 17.5 Å². The molecule has 1 aliphatic rings. The third kappa shape index (κ3) is 4.66. The van der Waals surface area contributed by atoms with E-state index in [2.05, 4.69) is 10.3 Å². The van der Waals surface area contributed by atoms with E-state index in [-0.39, 0.29) is 22.9 Å². The topological polar surface area (TPSA) is 66.1 Å². The lowest BCUT2D eigenvalue weighted by molar-refractivity contribution is -0.137. The number of hydrogen-bond acceptors (Lipinski definition) is 3. The molecule has 3 N–H and O–H groups in total. The Labute approximate surface area is 219 Å². The van der Waals surface area contributed by atoms with Crippen LogP contribution >= 0.6 is 0 Å². The molecule has 2 atom stereocenters. The summed E-state index contributed by atoms with van der Waals surface area (Å²) in [6.07, 6.45) is -5.62. The SMILES string of the molecule is C[C@H]1c2c(cc(F)c(-c3cccc4cc[nH]c34)c2F)NC(C)(C)[C@@H]1OC(=O)Nc1ccc(F)cc1C(F)(F)F. The molecule has 204 valence electrons. The fourth-order valence-corrected chi connectivity index (χ4v) is 5.28. The normalized spacial score (nSPS) is 18.4. The maximum Gasteiger partial charge on any atom is 0.418 e. The largest absolute Gasteiger partial charge is 0.443 e. The van der Waals surface area contributed by atoms with Crippen LogP contribution in [0, 0.1) is 17.5 Å². The lowest BCUT2D eigenvalue weighted by atomic mass is 9.77. The van der Waals surface area contributed by atoms with E-state index in [4.69, 9.17) is 4.74 Å². The van der Waals surface area contributed by atoms with Gasteiger partial charge in [-0.3, -0.25) is 5.32 Å². The number of alkyl halides is 3. The van der Waals surface area contributed by atoms with Crippen LogP contribution in [-0.4, -0.2) is 22.7 Å². The lowest BCUT2D eigenvalue weighted by Gasteiger charge is -2.44. The fourth-order valence-electron chi connectivity index (χ4n) is 5.28. The maximum absolute atomic E-state index is 16.1. The first kappa shape index (κ1) is 26.5. The number of benzene rings is 3. The number of aromatic nitrogens is 1. The zero-order chi connectivity index (χ0) is 28.3. The number of carbonyl (C=O) groups is 1. The van der Waals surface area contributed by atoms with Gasteiger partial charge >= 0.3 is 12.3 Å². The summed E-state index contributed by atoms with van der Waals surface area (Å²) in [6, 6.07) is 9.81. The van der Waals surface area contributed by atoms with E-state index >= 15 is 8.78 Å². The molecular formula is C28H23F6N3O2. The van der Waals surface area contributed by atoms with Crippen LogP contribution in [0.1, 0.15) is 37.8 Å². The first-order valence-corrected chi connectivity index (χ1v) is 12.0. The maximum atomic E-state index is 16.1. The standard InChI is InChI=1S/C28H23F6N3O2/c1-13-21-20(12-18(30)22(23(21)31)16-6-4-5-14-9-10-35-24(14)16)37-27(2,3)25(13)39-26(38)36-19-8-7-15(29)11-17(19)28(32,33)34/h4-13,25,35,37H,1-3H3,(H,36,38)/t13-,25+/m0/s1. The molecule has 2 heterocycles. The highest BCUT2D eigenvalue weighted by molar-refractivity contribution is 5.95. The average molecular weight is 547 g/mol. The summed E-state index contributed by atoms with van der Waals surface area (Å²) >= 11 is 0. The van der Waals surface area contributed by atoms with Crippen LogP contribution in [0.25, 0.3) is 22.0 Å². The lowest BCUT2D eigenvalue weighted by Crippen LogP contribution is -2.52. The fraction of sp³-hybridized carbons (Fsp3) is 0.250. The highest BCUT2D eigenvalue weighted by Gasteiger charge is 2.45. The van der Waals surface area contributed by atoms with Gasteiger partial charge < -0.3 is 15.0 Å². The first-order valence-electron chi connectivity index (χ1n) is 12.0.